The lowest BCUT2D eigenvalue weighted by Gasteiger charge is -2.23. The van der Waals surface area contributed by atoms with Crippen molar-refractivity contribution in [3.63, 3.8) is 0 Å². The first-order valence-electron chi connectivity index (χ1n) is 19.0. The number of carbonyl (C=O) groups is 2. The molecule has 0 amide bonds. The van der Waals surface area contributed by atoms with Crippen LogP contribution in [0.2, 0.25) is 0 Å². The quantitative estimate of drug-likeness (QED) is 0.0399. The van der Waals surface area contributed by atoms with E-state index in [1.807, 2.05) is 0 Å². The maximum absolute atomic E-state index is 12.0. The van der Waals surface area contributed by atoms with Crippen molar-refractivity contribution >= 4 is 11.9 Å². The average Bonchev–Trinajstić information content (AvgIpc) is 3.02. The smallest absolute Gasteiger partial charge is 0.305 e. The third kappa shape index (κ3) is 35.0. The van der Waals surface area contributed by atoms with Crippen LogP contribution in [0.1, 0.15) is 162 Å². The van der Waals surface area contributed by atoms with E-state index in [4.69, 9.17) is 9.47 Å². The standard InChI is InChI=1S/C39H74N2O4/c1-5-7-9-11-13-21-27-36-44-38(42)30-23-17-15-19-25-33-41(35-29-32-40(3)4)34-26-20-16-18-24-31-39(43)45-37-28-22-14-12-10-8-6-2/h13-14,21-22H,5-12,15-20,23-37H2,1-4H3/b21-13-,22-14-. The van der Waals surface area contributed by atoms with Crippen LogP contribution >= 0.6 is 0 Å². The molecule has 0 saturated carbocycles. The van der Waals surface area contributed by atoms with Crippen LogP contribution in [0, 0.1) is 0 Å². The van der Waals surface area contributed by atoms with E-state index in [1.165, 1.54) is 96.6 Å². The van der Waals surface area contributed by atoms with Gasteiger partial charge in [0.2, 0.25) is 0 Å². The van der Waals surface area contributed by atoms with Gasteiger partial charge in [0.25, 0.3) is 0 Å². The molecule has 0 aliphatic rings. The van der Waals surface area contributed by atoms with Crippen molar-refractivity contribution in [3.05, 3.63) is 24.3 Å². The molecule has 264 valence electrons. The van der Waals surface area contributed by atoms with Crippen LogP contribution in [0.25, 0.3) is 0 Å². The van der Waals surface area contributed by atoms with E-state index in [1.54, 1.807) is 0 Å². The molecule has 0 bridgehead atoms. The van der Waals surface area contributed by atoms with E-state index in [9.17, 15) is 9.59 Å². The maximum Gasteiger partial charge on any atom is 0.305 e. The summed E-state index contributed by atoms with van der Waals surface area (Å²) in [6.07, 6.45) is 33.9. The fourth-order valence-corrected chi connectivity index (χ4v) is 5.34. The lowest BCUT2D eigenvalue weighted by Crippen LogP contribution is -2.29. The van der Waals surface area contributed by atoms with Crippen LogP contribution in [0.3, 0.4) is 0 Å². The Morgan fingerprint density at radius 3 is 1.31 bits per heavy atom. The zero-order valence-electron chi connectivity index (χ0n) is 30.3. The minimum atomic E-state index is -0.0437. The van der Waals surface area contributed by atoms with E-state index < -0.39 is 0 Å². The molecule has 0 aliphatic carbocycles. The number of esters is 2. The van der Waals surface area contributed by atoms with Gasteiger partial charge in [0.1, 0.15) is 0 Å². The van der Waals surface area contributed by atoms with Gasteiger partial charge in [-0.05, 0) is 111 Å². The van der Waals surface area contributed by atoms with E-state index in [0.29, 0.717) is 26.1 Å². The molecule has 0 aliphatic heterocycles. The Hall–Kier alpha value is -1.66. The minimum absolute atomic E-state index is 0.0437. The fourth-order valence-electron chi connectivity index (χ4n) is 5.34. The Labute approximate surface area is 279 Å². The molecule has 6 nitrogen and oxygen atoms in total. The number of rotatable bonds is 34. The monoisotopic (exact) mass is 635 g/mol. The third-order valence-electron chi connectivity index (χ3n) is 8.17. The second kappa shape index (κ2) is 35.2. The highest BCUT2D eigenvalue weighted by molar-refractivity contribution is 5.69. The molecule has 0 unspecified atom stereocenters. The fraction of sp³-hybridized carbons (Fsp3) is 0.846. The van der Waals surface area contributed by atoms with Gasteiger partial charge >= 0.3 is 11.9 Å². The number of hydrogen-bond donors (Lipinski definition) is 0. The topological polar surface area (TPSA) is 59.1 Å². The van der Waals surface area contributed by atoms with E-state index in [0.717, 1.165) is 64.5 Å². The Balaban J connectivity index is 3.86. The van der Waals surface area contributed by atoms with Crippen LogP contribution < -0.4 is 0 Å². The van der Waals surface area contributed by atoms with Crippen molar-refractivity contribution in [3.8, 4) is 0 Å². The number of carbonyl (C=O) groups excluding carboxylic acids is 2. The third-order valence-corrected chi connectivity index (χ3v) is 8.17. The second-order valence-corrected chi connectivity index (χ2v) is 13.0. The van der Waals surface area contributed by atoms with Crippen LogP contribution in [0.4, 0.5) is 0 Å². The van der Waals surface area contributed by atoms with Crippen molar-refractivity contribution in [2.24, 2.45) is 0 Å². The predicted molar refractivity (Wildman–Crippen MR) is 193 cm³/mol. The summed E-state index contributed by atoms with van der Waals surface area (Å²) >= 11 is 0. The molecule has 0 aromatic rings. The summed E-state index contributed by atoms with van der Waals surface area (Å²) in [7, 11) is 4.30. The zero-order chi connectivity index (χ0) is 33.1. The highest BCUT2D eigenvalue weighted by atomic mass is 16.5. The summed E-state index contributed by atoms with van der Waals surface area (Å²) < 4.78 is 10.7. The second-order valence-electron chi connectivity index (χ2n) is 13.0. The Morgan fingerprint density at radius 2 is 0.867 bits per heavy atom. The van der Waals surface area contributed by atoms with Gasteiger partial charge in [-0.25, -0.2) is 0 Å². The molecule has 0 heterocycles. The van der Waals surface area contributed by atoms with Gasteiger partial charge in [-0.1, -0.05) is 102 Å². The molecule has 0 atom stereocenters. The molecule has 45 heavy (non-hydrogen) atoms. The lowest BCUT2D eigenvalue weighted by molar-refractivity contribution is -0.144. The number of hydrogen-bond acceptors (Lipinski definition) is 6. The first kappa shape index (κ1) is 43.3. The molecule has 0 rings (SSSR count). The molecular formula is C39H74N2O4. The lowest BCUT2D eigenvalue weighted by atomic mass is 10.1. The molecule has 0 aromatic heterocycles. The van der Waals surface area contributed by atoms with Gasteiger partial charge in [0, 0.05) is 12.8 Å². The molecule has 0 spiro atoms. The van der Waals surface area contributed by atoms with E-state index in [2.05, 4.69) is 62.0 Å². The summed E-state index contributed by atoms with van der Waals surface area (Å²) in [5, 5.41) is 0. The molecule has 0 radical (unpaired) electrons. The normalized spacial score (nSPS) is 11.9. The minimum Gasteiger partial charge on any atom is -0.465 e. The number of allylic oxidation sites excluding steroid dienone is 2. The van der Waals surface area contributed by atoms with E-state index >= 15 is 0 Å². The maximum atomic E-state index is 12.0. The highest BCUT2D eigenvalue weighted by Gasteiger charge is 2.07. The molecule has 6 heteroatoms. The molecule has 0 N–H and O–H groups in total. The molecule has 0 aromatic carbocycles. The zero-order valence-corrected chi connectivity index (χ0v) is 30.3. The first-order chi connectivity index (χ1) is 22.0. The van der Waals surface area contributed by atoms with Gasteiger partial charge < -0.3 is 19.3 Å². The number of nitrogens with zero attached hydrogens (tertiary/aromatic N) is 2. The summed E-state index contributed by atoms with van der Waals surface area (Å²) in [5.74, 6) is -0.0873. The van der Waals surface area contributed by atoms with Crippen LogP contribution in [0.5, 0.6) is 0 Å². The number of ether oxygens (including phenoxy) is 2. The Bertz CT molecular complexity index is 655. The Morgan fingerprint density at radius 1 is 0.467 bits per heavy atom. The molecular weight excluding hydrogens is 560 g/mol. The largest absolute Gasteiger partial charge is 0.465 e. The average molecular weight is 635 g/mol. The summed E-state index contributed by atoms with van der Waals surface area (Å²) in [4.78, 5) is 28.9. The Kier molecular flexibility index (Phi) is 33.9. The van der Waals surface area contributed by atoms with Crippen LogP contribution in [-0.4, -0.2) is 75.2 Å². The summed E-state index contributed by atoms with van der Waals surface area (Å²) in [6.45, 7) is 10.1. The van der Waals surface area contributed by atoms with Crippen molar-refractivity contribution in [2.75, 3.05) is 53.5 Å². The van der Waals surface area contributed by atoms with Gasteiger partial charge in [0.05, 0.1) is 13.2 Å². The van der Waals surface area contributed by atoms with Gasteiger partial charge in [-0.15, -0.1) is 0 Å². The van der Waals surface area contributed by atoms with Crippen molar-refractivity contribution in [1.82, 2.24) is 9.80 Å². The van der Waals surface area contributed by atoms with Crippen LogP contribution in [0.15, 0.2) is 24.3 Å². The molecule has 0 fully saturated rings. The summed E-state index contributed by atoms with van der Waals surface area (Å²) in [6, 6.07) is 0. The molecule has 0 saturated heterocycles. The SMILES string of the molecule is CCCCC/C=C\CCOC(=O)CCCCCCCN(CCCCCCCC(=O)OCC/C=C\CCCCC)CCCN(C)C. The van der Waals surface area contributed by atoms with E-state index in [-0.39, 0.29) is 11.9 Å². The van der Waals surface area contributed by atoms with Crippen molar-refractivity contribution < 1.29 is 19.1 Å². The highest BCUT2D eigenvalue weighted by Crippen LogP contribution is 2.11. The van der Waals surface area contributed by atoms with Crippen molar-refractivity contribution in [1.29, 1.82) is 0 Å². The first-order valence-corrected chi connectivity index (χ1v) is 19.0. The van der Waals surface area contributed by atoms with Crippen LogP contribution in [-0.2, 0) is 19.1 Å². The number of unbranched alkanes of at least 4 members (excludes halogenated alkanes) is 14. The predicted octanol–water partition coefficient (Wildman–Crippen LogP) is 10.1. The van der Waals surface area contributed by atoms with Gasteiger partial charge in [0.15, 0.2) is 0 Å². The van der Waals surface area contributed by atoms with Gasteiger partial charge in [-0.3, -0.25) is 9.59 Å². The summed E-state index contributed by atoms with van der Waals surface area (Å²) in [5.41, 5.74) is 0. The van der Waals surface area contributed by atoms with Crippen molar-refractivity contribution in [2.45, 2.75) is 162 Å². The van der Waals surface area contributed by atoms with Gasteiger partial charge in [-0.2, -0.15) is 0 Å².